The molecule has 27 heavy (non-hydrogen) atoms. The second kappa shape index (κ2) is 10.2. The number of rotatable bonds is 10. The topological polar surface area (TPSA) is 61.3 Å². The molecule has 1 aliphatic rings. The van der Waals surface area contributed by atoms with Gasteiger partial charge in [0.05, 0.1) is 37.8 Å². The molecule has 1 aromatic rings. The molecule has 2 heterocycles. The average molecular weight is 397 g/mol. The minimum atomic E-state index is -0.200. The van der Waals surface area contributed by atoms with Gasteiger partial charge in [0.15, 0.2) is 0 Å². The third kappa shape index (κ3) is 6.01. The lowest BCUT2D eigenvalue weighted by Crippen LogP contribution is -2.55. The summed E-state index contributed by atoms with van der Waals surface area (Å²) in [6.45, 7) is 10.3. The van der Waals surface area contributed by atoms with Crippen LogP contribution in [0.5, 0.6) is 5.88 Å². The normalized spacial score (nSPS) is 21.0. The van der Waals surface area contributed by atoms with Crippen molar-refractivity contribution in [3.63, 3.8) is 0 Å². The maximum atomic E-state index is 12.0. The van der Waals surface area contributed by atoms with Gasteiger partial charge >= 0.3 is 5.97 Å². The van der Waals surface area contributed by atoms with Crippen LogP contribution in [0.3, 0.4) is 0 Å². The van der Waals surface area contributed by atoms with Crippen molar-refractivity contribution in [2.75, 3.05) is 26.7 Å². The molecule has 0 fully saturated rings. The van der Waals surface area contributed by atoms with Crippen LogP contribution in [0.2, 0.25) is 0 Å². The van der Waals surface area contributed by atoms with Gasteiger partial charge in [-0.15, -0.1) is 4.37 Å². The Labute approximate surface area is 167 Å². The summed E-state index contributed by atoms with van der Waals surface area (Å²) in [4.78, 5) is 12.0. The van der Waals surface area contributed by atoms with Crippen molar-refractivity contribution in [2.24, 2.45) is 5.92 Å². The first-order chi connectivity index (χ1) is 12.9. The molecule has 1 unspecified atom stereocenters. The second-order valence-corrected chi connectivity index (χ2v) is 8.43. The average Bonchev–Trinajstić information content (AvgIpc) is 3.10. The fourth-order valence-corrected chi connectivity index (χ4v) is 3.68. The van der Waals surface area contributed by atoms with E-state index in [1.165, 1.54) is 31.0 Å². The molecular weight excluding hydrogens is 362 g/mol. The van der Waals surface area contributed by atoms with Crippen LogP contribution in [-0.2, 0) is 9.53 Å². The molecule has 6 nitrogen and oxygen atoms in total. The Morgan fingerprint density at radius 3 is 2.74 bits per heavy atom. The molecule has 1 aliphatic heterocycles. The Balaban J connectivity index is 2.00. The number of esters is 1. The van der Waals surface area contributed by atoms with Crippen molar-refractivity contribution >= 4 is 23.3 Å². The van der Waals surface area contributed by atoms with Gasteiger partial charge in [-0.3, -0.25) is 9.28 Å². The monoisotopic (exact) mass is 396 g/mol. The molecule has 1 aromatic heterocycles. The number of quaternary nitrogens is 1. The third-order valence-electron chi connectivity index (χ3n) is 5.20. The molecular formula is C20H34N3O3S+. The van der Waals surface area contributed by atoms with Crippen molar-refractivity contribution in [3.05, 3.63) is 11.8 Å². The fourth-order valence-electron chi connectivity index (χ4n) is 3.15. The zero-order valence-electron chi connectivity index (χ0n) is 17.4. The molecule has 0 N–H and O–H groups in total. The molecule has 0 aromatic carbocycles. The molecule has 0 amide bonds. The Hall–Kier alpha value is -1.47. The van der Waals surface area contributed by atoms with E-state index in [1.54, 1.807) is 0 Å². The smallest absolute Gasteiger partial charge is 0.312 e. The molecule has 0 bridgehead atoms. The first kappa shape index (κ1) is 21.8. The van der Waals surface area contributed by atoms with Crippen molar-refractivity contribution in [1.29, 1.82) is 0 Å². The molecule has 0 saturated heterocycles. The Kier molecular flexibility index (Phi) is 8.23. The maximum Gasteiger partial charge on any atom is 0.312 e. The summed E-state index contributed by atoms with van der Waals surface area (Å²) in [5.74, 6) is 0.377. The molecule has 0 spiro atoms. The number of carbonyl (C=O) groups excluding carboxylic acids is 1. The number of hydrogen-bond acceptors (Lipinski definition) is 6. The largest absolute Gasteiger partial charge is 0.475 e. The second-order valence-electron chi connectivity index (χ2n) is 7.90. The number of likely N-dealkylation sites (N-methyl/N-ethyl adjacent to an activating group) is 1. The number of hydrogen-bond donors (Lipinski definition) is 0. The predicted molar refractivity (Wildman–Crippen MR) is 108 cm³/mol. The van der Waals surface area contributed by atoms with E-state index >= 15 is 0 Å². The number of carbonyl (C=O) groups is 1. The highest BCUT2D eigenvalue weighted by Gasteiger charge is 2.37. The summed E-state index contributed by atoms with van der Waals surface area (Å²) in [7, 11) is 2.14. The van der Waals surface area contributed by atoms with Crippen LogP contribution in [0.15, 0.2) is 6.08 Å². The number of unbranched alkanes of at least 4 members (excludes halogenated alkanes) is 3. The van der Waals surface area contributed by atoms with Crippen molar-refractivity contribution in [3.8, 4) is 5.88 Å². The van der Waals surface area contributed by atoms with Gasteiger partial charge in [0.1, 0.15) is 12.2 Å². The summed E-state index contributed by atoms with van der Waals surface area (Å²) >= 11 is 1.19. The van der Waals surface area contributed by atoms with E-state index in [4.69, 9.17) is 9.47 Å². The van der Waals surface area contributed by atoms with Gasteiger partial charge in [0.25, 0.3) is 5.88 Å². The number of ether oxygens (including phenoxy) is 2. The quantitative estimate of drug-likeness (QED) is 0.336. The van der Waals surface area contributed by atoms with E-state index in [0.29, 0.717) is 17.0 Å². The summed E-state index contributed by atoms with van der Waals surface area (Å²) < 4.78 is 21.1. The van der Waals surface area contributed by atoms with Gasteiger partial charge in [-0.05, 0) is 6.42 Å². The highest BCUT2D eigenvalue weighted by Crippen LogP contribution is 2.31. The van der Waals surface area contributed by atoms with Gasteiger partial charge in [0.2, 0.25) is 6.23 Å². The van der Waals surface area contributed by atoms with Crippen LogP contribution in [0, 0.1) is 5.92 Å². The van der Waals surface area contributed by atoms with Crippen molar-refractivity contribution < 1.29 is 18.8 Å². The first-order valence-corrected chi connectivity index (χ1v) is 10.8. The number of aromatic nitrogens is 2. The molecule has 2 atom stereocenters. The van der Waals surface area contributed by atoms with E-state index in [-0.39, 0.29) is 18.1 Å². The van der Waals surface area contributed by atoms with Crippen LogP contribution < -0.4 is 4.74 Å². The Morgan fingerprint density at radius 2 is 2.04 bits per heavy atom. The standard InChI is InChI=1S/C20H34N3O3S/c1-6-7-8-9-13-25-19-18(21-27-22-19)17-11-10-12-23(5,14-17)16(4)26-20(24)15(2)3/h11,15-16H,6-10,12-14H2,1-5H3/q+1/t16-,23?/m1/s1. The van der Waals surface area contributed by atoms with Crippen LogP contribution in [-0.4, -0.2) is 52.2 Å². The summed E-state index contributed by atoms with van der Waals surface area (Å²) in [6.07, 6.45) is 7.61. The zero-order valence-corrected chi connectivity index (χ0v) is 18.2. The highest BCUT2D eigenvalue weighted by atomic mass is 32.1. The molecule has 0 radical (unpaired) electrons. The van der Waals surface area contributed by atoms with Gasteiger partial charge in [0, 0.05) is 18.9 Å². The van der Waals surface area contributed by atoms with Crippen LogP contribution in [0.25, 0.3) is 5.57 Å². The molecule has 0 saturated carbocycles. The van der Waals surface area contributed by atoms with Crippen LogP contribution >= 0.6 is 11.7 Å². The van der Waals surface area contributed by atoms with Crippen LogP contribution in [0.1, 0.15) is 65.5 Å². The lowest BCUT2D eigenvalue weighted by atomic mass is 10.0. The Bertz CT molecular complexity index is 644. The van der Waals surface area contributed by atoms with Gasteiger partial charge in [-0.1, -0.05) is 46.1 Å². The summed E-state index contributed by atoms with van der Waals surface area (Å²) in [5, 5.41) is 0. The molecule has 0 aliphatic carbocycles. The minimum Gasteiger partial charge on any atom is -0.475 e. The van der Waals surface area contributed by atoms with E-state index in [1.807, 2.05) is 20.8 Å². The summed E-state index contributed by atoms with van der Waals surface area (Å²) in [5.41, 5.74) is 1.98. The third-order valence-corrected chi connectivity index (χ3v) is 5.71. The summed E-state index contributed by atoms with van der Waals surface area (Å²) in [6, 6.07) is 0. The molecule has 2 rings (SSSR count). The van der Waals surface area contributed by atoms with Gasteiger partial charge < -0.3 is 9.47 Å². The minimum absolute atomic E-state index is 0.116. The number of nitrogens with zero attached hydrogens (tertiary/aromatic N) is 3. The lowest BCUT2D eigenvalue weighted by molar-refractivity contribution is -0.944. The van der Waals surface area contributed by atoms with Crippen molar-refractivity contribution in [2.45, 2.75) is 66.0 Å². The van der Waals surface area contributed by atoms with Crippen LogP contribution in [0.4, 0.5) is 0 Å². The van der Waals surface area contributed by atoms with E-state index < -0.39 is 0 Å². The molecule has 7 heteroatoms. The Morgan fingerprint density at radius 1 is 1.26 bits per heavy atom. The lowest BCUT2D eigenvalue weighted by Gasteiger charge is -2.41. The first-order valence-electron chi connectivity index (χ1n) is 10.1. The van der Waals surface area contributed by atoms with E-state index in [0.717, 1.165) is 37.2 Å². The van der Waals surface area contributed by atoms with E-state index in [9.17, 15) is 4.79 Å². The maximum absolute atomic E-state index is 12.0. The highest BCUT2D eigenvalue weighted by molar-refractivity contribution is 6.99. The predicted octanol–water partition coefficient (Wildman–Crippen LogP) is 4.28. The van der Waals surface area contributed by atoms with Gasteiger partial charge in [-0.2, -0.15) is 4.37 Å². The van der Waals surface area contributed by atoms with Gasteiger partial charge in [-0.25, -0.2) is 0 Å². The zero-order chi connectivity index (χ0) is 19.9. The fraction of sp³-hybridized carbons (Fsp3) is 0.750. The molecule has 152 valence electrons. The van der Waals surface area contributed by atoms with Crippen molar-refractivity contribution in [1.82, 2.24) is 8.75 Å². The SMILES string of the molecule is CCCCCCOc1nsnc1C1=CCC[N+](C)([C@@H](C)OC(=O)C(C)C)C1. The van der Waals surface area contributed by atoms with E-state index in [2.05, 4.69) is 28.8 Å².